The molecule has 12 nitrogen and oxygen atoms in total. The molecule has 0 atom stereocenters. The number of hydrogen-bond donors (Lipinski definition) is 1. The number of carbonyl (C=O) groups excluding carboxylic acids is 2. The smallest absolute Gasteiger partial charge is 0.367 e. The first-order valence-electron chi connectivity index (χ1n) is 8.76. The highest BCUT2D eigenvalue weighted by atomic mass is 32.1. The van der Waals surface area contributed by atoms with Crippen molar-refractivity contribution in [3.05, 3.63) is 66.6 Å². The Kier molecular flexibility index (Phi) is 6.65. The monoisotopic (exact) mass is 475 g/mol. The molecule has 0 spiro atoms. The van der Waals surface area contributed by atoms with E-state index in [0.29, 0.717) is 20.4 Å². The SMILES string of the molecule is CCOC(=O)c1nc2ccc([N+](=O)[O-])cc2s1.NC(=O)c1nc2ccc([N+](=O)[O-])cc2s1. The number of carbonyl (C=O) groups is 2. The van der Waals surface area contributed by atoms with Crippen molar-refractivity contribution in [3.8, 4) is 0 Å². The summed E-state index contributed by atoms with van der Waals surface area (Å²) in [6.07, 6.45) is 0. The summed E-state index contributed by atoms with van der Waals surface area (Å²) >= 11 is 2.13. The van der Waals surface area contributed by atoms with Gasteiger partial charge < -0.3 is 10.5 Å². The van der Waals surface area contributed by atoms with Crippen molar-refractivity contribution in [2.75, 3.05) is 6.61 Å². The second-order valence-corrected chi connectivity index (χ2v) is 8.00. The van der Waals surface area contributed by atoms with Crippen LogP contribution in [-0.4, -0.2) is 38.3 Å². The van der Waals surface area contributed by atoms with Gasteiger partial charge in [0.2, 0.25) is 5.01 Å². The van der Waals surface area contributed by atoms with E-state index in [9.17, 15) is 29.8 Å². The lowest BCUT2D eigenvalue weighted by molar-refractivity contribution is -0.384. The molecule has 2 aromatic carbocycles. The summed E-state index contributed by atoms with van der Waals surface area (Å²) in [5.41, 5.74) is 6.11. The van der Waals surface area contributed by atoms with Gasteiger partial charge in [0.15, 0.2) is 5.01 Å². The van der Waals surface area contributed by atoms with E-state index in [1.54, 1.807) is 6.92 Å². The van der Waals surface area contributed by atoms with Gasteiger partial charge in [-0.1, -0.05) is 0 Å². The highest BCUT2D eigenvalue weighted by Crippen LogP contribution is 2.27. The van der Waals surface area contributed by atoms with E-state index in [1.807, 2.05) is 0 Å². The molecule has 0 unspecified atom stereocenters. The fourth-order valence-electron chi connectivity index (χ4n) is 2.44. The number of thiazole rings is 2. The number of esters is 1. The van der Waals surface area contributed by atoms with Crippen LogP contribution in [0.2, 0.25) is 0 Å². The fourth-order valence-corrected chi connectivity index (χ4v) is 4.18. The first kappa shape index (κ1) is 22.6. The predicted molar refractivity (Wildman–Crippen MR) is 117 cm³/mol. The van der Waals surface area contributed by atoms with Crippen LogP contribution in [0.5, 0.6) is 0 Å². The van der Waals surface area contributed by atoms with Crippen molar-refractivity contribution < 1.29 is 24.2 Å². The van der Waals surface area contributed by atoms with Crippen LogP contribution in [0, 0.1) is 20.2 Å². The third kappa shape index (κ3) is 4.98. The Morgan fingerprint density at radius 1 is 0.938 bits per heavy atom. The Labute approximate surface area is 186 Å². The number of benzene rings is 2. The number of nitro groups is 2. The van der Waals surface area contributed by atoms with Crippen LogP contribution in [-0.2, 0) is 4.74 Å². The number of nitrogens with two attached hydrogens (primary N) is 1. The van der Waals surface area contributed by atoms with E-state index in [1.165, 1.54) is 36.4 Å². The van der Waals surface area contributed by atoms with Crippen molar-refractivity contribution in [2.24, 2.45) is 5.73 Å². The van der Waals surface area contributed by atoms with Crippen LogP contribution in [0.15, 0.2) is 36.4 Å². The largest absolute Gasteiger partial charge is 0.461 e. The van der Waals surface area contributed by atoms with Crippen LogP contribution in [0.3, 0.4) is 0 Å². The molecule has 32 heavy (non-hydrogen) atoms. The maximum atomic E-state index is 11.4. The molecule has 2 N–H and O–H groups in total. The average Bonchev–Trinajstić information content (AvgIpc) is 3.37. The standard InChI is InChI=1S/C10H8N2O4S.C8H5N3O3S/c1-2-16-10(13)9-11-7-4-3-6(12(14)15)5-8(7)17-9;9-7(12)8-10-5-2-1-4(11(13)14)3-6(5)15-8/h3-5H,2H2,1H3;1-3H,(H2,9,12). The third-order valence-electron chi connectivity index (χ3n) is 3.83. The minimum absolute atomic E-state index is 0.0171. The molecule has 0 aliphatic heterocycles. The molecule has 4 rings (SSSR count). The summed E-state index contributed by atoms with van der Waals surface area (Å²) in [5, 5.41) is 21.4. The lowest BCUT2D eigenvalue weighted by Gasteiger charge is -1.94. The second-order valence-electron chi connectivity index (χ2n) is 5.94. The molecule has 14 heteroatoms. The third-order valence-corrected chi connectivity index (χ3v) is 5.86. The minimum atomic E-state index is -0.626. The number of aromatic nitrogens is 2. The number of fused-ring (bicyclic) bond motifs is 2. The molecule has 0 aliphatic rings. The van der Waals surface area contributed by atoms with Crippen LogP contribution >= 0.6 is 22.7 Å². The van der Waals surface area contributed by atoms with E-state index in [2.05, 4.69) is 9.97 Å². The quantitative estimate of drug-likeness (QED) is 0.255. The van der Waals surface area contributed by atoms with E-state index in [4.69, 9.17) is 10.5 Å². The Morgan fingerprint density at radius 3 is 1.84 bits per heavy atom. The van der Waals surface area contributed by atoms with Crippen LogP contribution in [0.4, 0.5) is 11.4 Å². The molecule has 0 bridgehead atoms. The average molecular weight is 475 g/mol. The van der Waals surface area contributed by atoms with Gasteiger partial charge in [0.25, 0.3) is 17.3 Å². The second kappa shape index (κ2) is 9.40. The maximum Gasteiger partial charge on any atom is 0.367 e. The number of primary amides is 1. The molecule has 1 amide bonds. The summed E-state index contributed by atoms with van der Waals surface area (Å²) in [6.45, 7) is 1.98. The number of non-ortho nitro benzene ring substituents is 2. The van der Waals surface area contributed by atoms with Crippen molar-refractivity contribution in [1.29, 1.82) is 0 Å². The molecular weight excluding hydrogens is 462 g/mol. The van der Waals surface area contributed by atoms with Crippen LogP contribution < -0.4 is 5.73 Å². The van der Waals surface area contributed by atoms with Crippen molar-refractivity contribution in [1.82, 2.24) is 9.97 Å². The number of rotatable bonds is 5. The van der Waals surface area contributed by atoms with E-state index in [0.717, 1.165) is 22.7 Å². The number of ether oxygens (including phenoxy) is 1. The molecule has 2 heterocycles. The van der Waals surface area contributed by atoms with Gasteiger partial charge in [-0.05, 0) is 19.1 Å². The summed E-state index contributed by atoms with van der Waals surface area (Å²) in [4.78, 5) is 50.3. The molecule has 164 valence electrons. The zero-order valence-electron chi connectivity index (χ0n) is 16.2. The minimum Gasteiger partial charge on any atom is -0.461 e. The summed E-state index contributed by atoms with van der Waals surface area (Å²) in [5.74, 6) is -1.13. The highest BCUT2D eigenvalue weighted by molar-refractivity contribution is 7.20. The molecule has 4 aromatic rings. The molecule has 0 aliphatic carbocycles. The van der Waals surface area contributed by atoms with Gasteiger partial charge in [-0.25, -0.2) is 14.8 Å². The van der Waals surface area contributed by atoms with E-state index >= 15 is 0 Å². The topological polar surface area (TPSA) is 181 Å². The summed E-state index contributed by atoms with van der Waals surface area (Å²) in [7, 11) is 0. The Morgan fingerprint density at radius 2 is 1.41 bits per heavy atom. The van der Waals surface area contributed by atoms with Crippen molar-refractivity contribution in [2.45, 2.75) is 6.92 Å². The van der Waals surface area contributed by atoms with Crippen molar-refractivity contribution in [3.63, 3.8) is 0 Å². The molecule has 0 radical (unpaired) electrons. The molecule has 0 saturated carbocycles. The Bertz CT molecular complexity index is 1350. The highest BCUT2D eigenvalue weighted by Gasteiger charge is 2.15. The summed E-state index contributed by atoms with van der Waals surface area (Å²) < 4.78 is 5.99. The lowest BCUT2D eigenvalue weighted by Crippen LogP contribution is -2.09. The predicted octanol–water partition coefficient (Wildman–Crippen LogP) is 3.68. The number of nitro benzene ring substituents is 2. The van der Waals surface area contributed by atoms with Gasteiger partial charge in [0.1, 0.15) is 0 Å². The zero-order valence-corrected chi connectivity index (χ0v) is 17.8. The van der Waals surface area contributed by atoms with E-state index < -0.39 is 21.7 Å². The van der Waals surface area contributed by atoms with Gasteiger partial charge in [0, 0.05) is 24.3 Å². The Balaban J connectivity index is 0.000000182. The molecule has 0 saturated heterocycles. The maximum absolute atomic E-state index is 11.4. The molecule has 0 fully saturated rings. The normalized spacial score (nSPS) is 10.4. The van der Waals surface area contributed by atoms with Gasteiger partial charge in [-0.2, -0.15) is 0 Å². The summed E-state index contributed by atoms with van der Waals surface area (Å²) in [6, 6.07) is 8.49. The Hall–Kier alpha value is -4.04. The van der Waals surface area contributed by atoms with Gasteiger partial charge in [-0.15, -0.1) is 22.7 Å². The fraction of sp³-hybridized carbons (Fsp3) is 0.111. The first-order valence-corrected chi connectivity index (χ1v) is 10.4. The zero-order chi connectivity index (χ0) is 23.4. The molecular formula is C18H13N5O7S2. The van der Waals surface area contributed by atoms with Gasteiger partial charge in [-0.3, -0.25) is 25.0 Å². The number of amides is 1. The van der Waals surface area contributed by atoms with Gasteiger partial charge >= 0.3 is 5.97 Å². The first-order chi connectivity index (χ1) is 15.2. The van der Waals surface area contributed by atoms with E-state index in [-0.39, 0.29) is 28.0 Å². The number of hydrogen-bond acceptors (Lipinski definition) is 11. The van der Waals surface area contributed by atoms with Gasteiger partial charge in [0.05, 0.1) is 36.9 Å². The number of nitrogens with zero attached hydrogens (tertiary/aromatic N) is 4. The van der Waals surface area contributed by atoms with Crippen molar-refractivity contribution >= 4 is 66.4 Å². The lowest BCUT2D eigenvalue weighted by atomic mass is 10.3. The van der Waals surface area contributed by atoms with Crippen LogP contribution in [0.25, 0.3) is 20.4 Å². The molecule has 2 aromatic heterocycles. The van der Waals surface area contributed by atoms with Crippen LogP contribution in [0.1, 0.15) is 26.5 Å².